The number of hydrogen-bond donors (Lipinski definition) is 0. The quantitative estimate of drug-likeness (QED) is 0.505. The molecule has 2 heteroatoms. The van der Waals surface area contributed by atoms with Crippen LogP contribution in [0.1, 0.15) is 105 Å². The second kappa shape index (κ2) is 7.79. The number of hydrogen-bond acceptors (Lipinski definition) is 2. The van der Waals surface area contributed by atoms with Gasteiger partial charge in [0.05, 0.1) is 0 Å². The van der Waals surface area contributed by atoms with E-state index in [1.165, 1.54) is 44.9 Å². The highest BCUT2D eigenvalue weighted by atomic mass is 16.1. The molecule has 0 unspecified atom stereocenters. The molecular weight excluding hydrogens is 356 g/mol. The molecule has 0 spiro atoms. The third-order valence-electron chi connectivity index (χ3n) is 10.5. The normalized spacial score (nSPS) is 45.7. The molecule has 0 aromatic rings. The second-order valence-electron chi connectivity index (χ2n) is 12.4. The molecule has 0 amide bonds. The summed E-state index contributed by atoms with van der Waals surface area (Å²) in [6.45, 7) is 12.2. The lowest BCUT2D eigenvalue weighted by molar-refractivity contribution is -0.159. The van der Waals surface area contributed by atoms with Crippen molar-refractivity contribution in [1.82, 2.24) is 0 Å². The van der Waals surface area contributed by atoms with E-state index >= 15 is 0 Å². The van der Waals surface area contributed by atoms with Crippen LogP contribution in [0.5, 0.6) is 0 Å². The van der Waals surface area contributed by atoms with Crippen LogP contribution in [0.4, 0.5) is 0 Å². The largest absolute Gasteiger partial charge is 0.300 e. The summed E-state index contributed by atoms with van der Waals surface area (Å²) in [5.41, 5.74) is 0.530. The number of ketones is 2. The molecule has 0 bridgehead atoms. The Balaban J connectivity index is 1.51. The van der Waals surface area contributed by atoms with Crippen LogP contribution in [-0.2, 0) is 9.59 Å². The molecule has 0 aliphatic heterocycles. The Morgan fingerprint density at radius 3 is 2.34 bits per heavy atom. The molecule has 0 radical (unpaired) electrons. The van der Waals surface area contributed by atoms with Crippen molar-refractivity contribution >= 4 is 11.6 Å². The number of carbonyl (C=O) groups is 2. The number of rotatable bonds is 5. The average Bonchev–Trinajstić information content (AvgIpc) is 3.00. The van der Waals surface area contributed by atoms with E-state index in [9.17, 15) is 9.59 Å². The van der Waals surface area contributed by atoms with Gasteiger partial charge in [-0.15, -0.1) is 0 Å². The molecule has 4 rings (SSSR count). The molecule has 0 saturated heterocycles. The molecule has 4 aliphatic rings. The maximum Gasteiger partial charge on any atom is 0.137 e. The van der Waals surface area contributed by atoms with Crippen molar-refractivity contribution < 1.29 is 9.59 Å². The van der Waals surface area contributed by atoms with Gasteiger partial charge < -0.3 is 0 Å². The summed E-state index contributed by atoms with van der Waals surface area (Å²) in [5.74, 6) is 5.25. The van der Waals surface area contributed by atoms with E-state index in [4.69, 9.17) is 0 Å². The molecule has 4 fully saturated rings. The smallest absolute Gasteiger partial charge is 0.137 e. The summed E-state index contributed by atoms with van der Waals surface area (Å²) in [5, 5.41) is 0. The summed E-state index contributed by atoms with van der Waals surface area (Å²) >= 11 is 0. The molecule has 164 valence electrons. The van der Waals surface area contributed by atoms with E-state index in [0.717, 1.165) is 36.5 Å². The third kappa shape index (κ3) is 3.55. The molecule has 4 saturated carbocycles. The molecule has 2 nitrogen and oxygen atoms in total. The first kappa shape index (κ1) is 21.6. The van der Waals surface area contributed by atoms with Crippen molar-refractivity contribution in [3.63, 3.8) is 0 Å². The van der Waals surface area contributed by atoms with Crippen LogP contribution in [0.3, 0.4) is 0 Å². The van der Waals surface area contributed by atoms with E-state index in [0.29, 0.717) is 41.7 Å². The zero-order valence-electron chi connectivity index (χ0n) is 19.6. The van der Waals surface area contributed by atoms with Crippen LogP contribution >= 0.6 is 0 Å². The Morgan fingerprint density at radius 1 is 0.897 bits per heavy atom. The fourth-order valence-corrected chi connectivity index (χ4v) is 8.86. The molecule has 0 aromatic heterocycles. The Labute approximate surface area is 179 Å². The summed E-state index contributed by atoms with van der Waals surface area (Å²) < 4.78 is 0. The van der Waals surface area contributed by atoms with Gasteiger partial charge in [0.2, 0.25) is 0 Å². The molecular formula is C27H44O2. The standard InChI is InChI=1S/C27H44O2/c1-17(2)7-6-8-18(3)21-9-10-22-20-16-25(29)24-15-19(28)11-13-27(24,5)23(20)12-14-26(21,22)4/h17-18,20-24H,6-16H2,1-5H3/t18-,20-,21-,22+,23-,24+,26+,27+/m0/s1. The second-order valence-corrected chi connectivity index (χ2v) is 12.4. The monoisotopic (exact) mass is 400 g/mol. The van der Waals surface area contributed by atoms with Gasteiger partial charge >= 0.3 is 0 Å². The summed E-state index contributed by atoms with van der Waals surface area (Å²) in [7, 11) is 0. The molecule has 0 heterocycles. The maximum atomic E-state index is 13.2. The van der Waals surface area contributed by atoms with Crippen molar-refractivity contribution in [2.24, 2.45) is 52.3 Å². The van der Waals surface area contributed by atoms with E-state index in [1.807, 2.05) is 0 Å². The highest BCUT2D eigenvalue weighted by Crippen LogP contribution is 2.67. The molecule has 0 aromatic carbocycles. The van der Waals surface area contributed by atoms with Crippen molar-refractivity contribution in [1.29, 1.82) is 0 Å². The van der Waals surface area contributed by atoms with Gasteiger partial charge in [-0.25, -0.2) is 0 Å². The van der Waals surface area contributed by atoms with Crippen LogP contribution in [0.25, 0.3) is 0 Å². The summed E-state index contributed by atoms with van der Waals surface area (Å²) in [4.78, 5) is 25.3. The number of carbonyl (C=O) groups excluding carboxylic acids is 2. The van der Waals surface area contributed by atoms with E-state index in [2.05, 4.69) is 34.6 Å². The van der Waals surface area contributed by atoms with Gasteiger partial charge in [0.25, 0.3) is 0 Å². The van der Waals surface area contributed by atoms with Crippen molar-refractivity contribution in [3.8, 4) is 0 Å². The minimum atomic E-state index is 0.0292. The van der Waals surface area contributed by atoms with Gasteiger partial charge in [0.15, 0.2) is 0 Å². The first-order chi connectivity index (χ1) is 13.7. The Hall–Kier alpha value is -0.660. The van der Waals surface area contributed by atoms with Crippen LogP contribution in [0, 0.1) is 52.3 Å². The van der Waals surface area contributed by atoms with Gasteiger partial charge in [-0.1, -0.05) is 53.9 Å². The predicted molar refractivity (Wildman–Crippen MR) is 118 cm³/mol. The van der Waals surface area contributed by atoms with Crippen LogP contribution in [0.2, 0.25) is 0 Å². The van der Waals surface area contributed by atoms with Crippen LogP contribution in [0.15, 0.2) is 0 Å². The third-order valence-corrected chi connectivity index (χ3v) is 10.5. The minimum absolute atomic E-state index is 0.0292. The van der Waals surface area contributed by atoms with E-state index in [1.54, 1.807) is 0 Å². The van der Waals surface area contributed by atoms with Gasteiger partial charge in [-0.05, 0) is 78.4 Å². The first-order valence-electron chi connectivity index (χ1n) is 12.7. The lowest BCUT2D eigenvalue weighted by Gasteiger charge is -2.59. The fraction of sp³-hybridized carbons (Fsp3) is 0.926. The van der Waals surface area contributed by atoms with Crippen LogP contribution < -0.4 is 0 Å². The van der Waals surface area contributed by atoms with E-state index < -0.39 is 0 Å². The Bertz CT molecular complexity index is 651. The minimum Gasteiger partial charge on any atom is -0.300 e. The van der Waals surface area contributed by atoms with Gasteiger partial charge in [0, 0.05) is 25.2 Å². The zero-order valence-corrected chi connectivity index (χ0v) is 19.6. The van der Waals surface area contributed by atoms with Crippen molar-refractivity contribution in [2.45, 2.75) is 105 Å². The van der Waals surface area contributed by atoms with Gasteiger partial charge in [-0.2, -0.15) is 0 Å². The average molecular weight is 401 g/mol. The highest BCUT2D eigenvalue weighted by molar-refractivity contribution is 5.90. The van der Waals surface area contributed by atoms with Crippen molar-refractivity contribution in [2.75, 3.05) is 0 Å². The van der Waals surface area contributed by atoms with Crippen LogP contribution in [-0.4, -0.2) is 11.6 Å². The molecule has 0 N–H and O–H groups in total. The lowest BCUT2D eigenvalue weighted by atomic mass is 9.44. The summed E-state index contributed by atoms with van der Waals surface area (Å²) in [6.07, 6.45) is 12.4. The van der Waals surface area contributed by atoms with E-state index in [-0.39, 0.29) is 11.3 Å². The number of Topliss-reactive ketones (excluding diaryl/α,β-unsaturated/α-hetero) is 2. The van der Waals surface area contributed by atoms with Gasteiger partial charge in [0.1, 0.15) is 11.6 Å². The molecule has 29 heavy (non-hydrogen) atoms. The topological polar surface area (TPSA) is 34.1 Å². The molecule has 8 atom stereocenters. The zero-order chi connectivity index (χ0) is 21.0. The molecule has 4 aliphatic carbocycles. The summed E-state index contributed by atoms with van der Waals surface area (Å²) in [6, 6.07) is 0. The maximum absolute atomic E-state index is 13.2. The Morgan fingerprint density at radius 2 is 1.62 bits per heavy atom. The predicted octanol–water partition coefficient (Wildman–Crippen LogP) is 6.86. The highest BCUT2D eigenvalue weighted by Gasteiger charge is 2.62. The SMILES string of the molecule is CC(C)CCC[C@H](C)[C@@H]1CC[C@@H]2[C@@H]3CC(=O)[C@H]4CC(=O)CC[C@]4(C)[C@H]3CC[C@@]21C. The Kier molecular flexibility index (Phi) is 5.79. The fourth-order valence-electron chi connectivity index (χ4n) is 8.86. The number of fused-ring (bicyclic) bond motifs is 5. The lowest BCUT2D eigenvalue weighted by Crippen LogP contribution is -2.56. The van der Waals surface area contributed by atoms with Gasteiger partial charge in [-0.3, -0.25) is 9.59 Å². The van der Waals surface area contributed by atoms with Crippen molar-refractivity contribution in [3.05, 3.63) is 0 Å². The first-order valence-corrected chi connectivity index (χ1v) is 12.7.